The summed E-state index contributed by atoms with van der Waals surface area (Å²) in [5.74, 6) is -0.179. The molecular formula is C64H113NO8. The Morgan fingerprint density at radius 3 is 1.26 bits per heavy atom. The van der Waals surface area contributed by atoms with E-state index in [1.54, 1.807) is 6.08 Å². The zero-order valence-corrected chi connectivity index (χ0v) is 46.9. The quantitative estimate of drug-likeness (QED) is 0.0261. The molecule has 1 aliphatic heterocycles. The van der Waals surface area contributed by atoms with Crippen LogP contribution >= 0.6 is 0 Å². The van der Waals surface area contributed by atoms with E-state index in [9.17, 15) is 30.3 Å². The lowest BCUT2D eigenvalue weighted by Crippen LogP contribution is -2.60. The number of hydrogen-bond donors (Lipinski definition) is 6. The standard InChI is InChI=1S/C64H113NO8/c1-3-5-7-9-11-13-15-17-19-21-22-23-24-25-26-27-28-29-30-31-32-33-34-35-36-38-40-42-44-46-48-50-52-54-60(68)65-57(56-72-64-63(71)62(70)61(69)59(55-66)73-64)58(67)53-51-49-47-45-43-41-39-37-20-18-16-14-12-10-8-6-4-2/h5,7,11,13,17,19,22-23,25-26,28-29,51,53,57-59,61-64,66-67,69-71H,3-4,6,8-10,12,14-16,18,20-21,24,27,30-50,52,54-56H2,1-2H3,(H,65,68)/b7-5-,13-11-,19-17-,23-22-,26-25-,29-28-,53-51+. The minimum Gasteiger partial charge on any atom is -0.394 e. The number of allylic oxidation sites excluding steroid dienone is 13. The van der Waals surface area contributed by atoms with E-state index in [0.29, 0.717) is 6.42 Å². The summed E-state index contributed by atoms with van der Waals surface area (Å²) >= 11 is 0. The predicted molar refractivity (Wildman–Crippen MR) is 308 cm³/mol. The van der Waals surface area contributed by atoms with E-state index in [0.717, 1.165) is 77.0 Å². The first kappa shape index (κ1) is 68.4. The maximum Gasteiger partial charge on any atom is 0.220 e. The van der Waals surface area contributed by atoms with Crippen LogP contribution in [0.15, 0.2) is 85.1 Å². The highest BCUT2D eigenvalue weighted by Gasteiger charge is 2.44. The van der Waals surface area contributed by atoms with Crippen molar-refractivity contribution in [1.29, 1.82) is 0 Å². The molecule has 7 unspecified atom stereocenters. The summed E-state index contributed by atoms with van der Waals surface area (Å²) in [5.41, 5.74) is 0. The molecule has 422 valence electrons. The van der Waals surface area contributed by atoms with Gasteiger partial charge in [-0.1, -0.05) is 266 Å². The SMILES string of the molecule is CC/C=C\C/C=C\C/C=C\C/C=C\C/C=C\C/C=C\CCCCCCCCCCCCCCCCC(=O)NC(COC1OC(CO)C(O)C(O)C1O)C(O)/C=C/CCCCCCCCCCCCCCCCC. The van der Waals surface area contributed by atoms with Crippen molar-refractivity contribution in [3.63, 3.8) is 0 Å². The molecule has 0 bridgehead atoms. The van der Waals surface area contributed by atoms with Gasteiger partial charge in [0.2, 0.25) is 5.91 Å². The van der Waals surface area contributed by atoms with Crippen LogP contribution in [0.25, 0.3) is 0 Å². The van der Waals surface area contributed by atoms with Crippen molar-refractivity contribution in [2.45, 2.75) is 301 Å². The van der Waals surface area contributed by atoms with Gasteiger partial charge >= 0.3 is 0 Å². The summed E-state index contributed by atoms with van der Waals surface area (Å²) in [7, 11) is 0. The van der Waals surface area contributed by atoms with Gasteiger partial charge in [0.05, 0.1) is 25.4 Å². The van der Waals surface area contributed by atoms with Gasteiger partial charge in [-0.05, 0) is 70.6 Å². The van der Waals surface area contributed by atoms with Crippen LogP contribution in [0, 0.1) is 0 Å². The smallest absolute Gasteiger partial charge is 0.220 e. The Hall–Kier alpha value is -2.63. The third-order valence-corrected chi connectivity index (χ3v) is 14.0. The lowest BCUT2D eigenvalue weighted by atomic mass is 9.99. The van der Waals surface area contributed by atoms with E-state index in [-0.39, 0.29) is 12.5 Å². The molecular weight excluding hydrogens is 911 g/mol. The molecule has 0 spiro atoms. The van der Waals surface area contributed by atoms with Crippen LogP contribution < -0.4 is 5.32 Å². The van der Waals surface area contributed by atoms with E-state index in [2.05, 4.69) is 92.1 Å². The Morgan fingerprint density at radius 2 is 0.849 bits per heavy atom. The Bertz CT molecular complexity index is 1420. The highest BCUT2D eigenvalue weighted by molar-refractivity contribution is 5.76. The van der Waals surface area contributed by atoms with Crippen LogP contribution in [0.1, 0.15) is 258 Å². The first-order valence-corrected chi connectivity index (χ1v) is 30.3. The summed E-state index contributed by atoms with van der Waals surface area (Å²) in [6, 6.07) is -0.809. The van der Waals surface area contributed by atoms with Crippen molar-refractivity contribution in [3.05, 3.63) is 85.1 Å². The van der Waals surface area contributed by atoms with E-state index in [4.69, 9.17) is 9.47 Å². The number of unbranched alkanes of at least 4 members (excludes halogenated alkanes) is 29. The Kier molecular flexibility index (Phi) is 49.5. The molecule has 0 saturated carbocycles. The van der Waals surface area contributed by atoms with Crippen molar-refractivity contribution in [2.75, 3.05) is 13.2 Å². The molecule has 73 heavy (non-hydrogen) atoms. The second-order valence-corrected chi connectivity index (χ2v) is 20.8. The molecule has 0 radical (unpaired) electrons. The van der Waals surface area contributed by atoms with E-state index in [1.807, 2.05) is 6.08 Å². The molecule has 1 saturated heterocycles. The summed E-state index contributed by atoms with van der Waals surface area (Å²) < 4.78 is 11.3. The second kappa shape index (κ2) is 52.8. The largest absolute Gasteiger partial charge is 0.394 e. The van der Waals surface area contributed by atoms with Gasteiger partial charge in [-0.3, -0.25) is 4.79 Å². The number of aliphatic hydroxyl groups is 5. The van der Waals surface area contributed by atoms with E-state index < -0.39 is 49.5 Å². The molecule has 6 N–H and O–H groups in total. The first-order chi connectivity index (χ1) is 35.8. The van der Waals surface area contributed by atoms with Crippen LogP contribution in [0.5, 0.6) is 0 Å². The average molecular weight is 1020 g/mol. The number of carbonyl (C=O) groups is 1. The molecule has 1 rings (SSSR count). The van der Waals surface area contributed by atoms with Crippen LogP contribution in [0.4, 0.5) is 0 Å². The minimum absolute atomic E-state index is 0.179. The van der Waals surface area contributed by atoms with Gasteiger partial charge in [-0.25, -0.2) is 0 Å². The molecule has 0 aromatic rings. The molecule has 1 amide bonds. The summed E-state index contributed by atoms with van der Waals surface area (Å²) in [6.45, 7) is 3.68. The van der Waals surface area contributed by atoms with E-state index in [1.165, 1.54) is 161 Å². The third-order valence-electron chi connectivity index (χ3n) is 14.0. The minimum atomic E-state index is -1.57. The second-order valence-electron chi connectivity index (χ2n) is 20.8. The maximum atomic E-state index is 13.1. The fourth-order valence-corrected chi connectivity index (χ4v) is 9.22. The number of rotatable bonds is 51. The average Bonchev–Trinajstić information content (AvgIpc) is 3.39. The van der Waals surface area contributed by atoms with Crippen molar-refractivity contribution in [1.82, 2.24) is 5.32 Å². The molecule has 0 aliphatic carbocycles. The first-order valence-electron chi connectivity index (χ1n) is 30.3. The van der Waals surface area contributed by atoms with E-state index >= 15 is 0 Å². The van der Waals surface area contributed by atoms with Gasteiger partial charge in [0.1, 0.15) is 24.4 Å². The highest BCUT2D eigenvalue weighted by Crippen LogP contribution is 2.23. The lowest BCUT2D eigenvalue weighted by molar-refractivity contribution is -0.302. The van der Waals surface area contributed by atoms with Crippen LogP contribution in [-0.4, -0.2) is 87.5 Å². The van der Waals surface area contributed by atoms with Crippen LogP contribution in [0.2, 0.25) is 0 Å². The topological polar surface area (TPSA) is 149 Å². The highest BCUT2D eigenvalue weighted by atomic mass is 16.7. The Morgan fingerprint density at radius 1 is 0.479 bits per heavy atom. The molecule has 1 fully saturated rings. The third kappa shape index (κ3) is 42.2. The lowest BCUT2D eigenvalue weighted by Gasteiger charge is -2.40. The number of nitrogens with one attached hydrogen (secondary N) is 1. The molecule has 0 aromatic heterocycles. The number of ether oxygens (including phenoxy) is 2. The van der Waals surface area contributed by atoms with Crippen molar-refractivity contribution < 1.29 is 39.8 Å². The van der Waals surface area contributed by atoms with Gasteiger partial charge in [0.25, 0.3) is 0 Å². The zero-order chi connectivity index (χ0) is 52.9. The van der Waals surface area contributed by atoms with Crippen molar-refractivity contribution in [3.8, 4) is 0 Å². The van der Waals surface area contributed by atoms with Crippen molar-refractivity contribution in [2.24, 2.45) is 0 Å². The van der Waals surface area contributed by atoms with Crippen LogP contribution in [-0.2, 0) is 14.3 Å². The van der Waals surface area contributed by atoms with Gasteiger partial charge < -0.3 is 40.3 Å². The fraction of sp³-hybridized carbons (Fsp3) is 0.766. The number of aliphatic hydroxyl groups excluding tert-OH is 5. The summed E-state index contributed by atoms with van der Waals surface area (Å²) in [5, 5.41) is 54.5. The normalized spacial score (nSPS) is 19.7. The predicted octanol–water partition coefficient (Wildman–Crippen LogP) is 15.4. The van der Waals surface area contributed by atoms with Crippen molar-refractivity contribution >= 4 is 5.91 Å². The molecule has 1 aliphatic rings. The molecule has 1 heterocycles. The molecule has 9 nitrogen and oxygen atoms in total. The Balaban J connectivity index is 2.16. The number of hydrogen-bond acceptors (Lipinski definition) is 8. The maximum absolute atomic E-state index is 13.1. The summed E-state index contributed by atoms with van der Waals surface area (Å²) in [4.78, 5) is 13.1. The number of amides is 1. The monoisotopic (exact) mass is 1020 g/mol. The fourth-order valence-electron chi connectivity index (χ4n) is 9.22. The Labute approximate surface area is 448 Å². The van der Waals surface area contributed by atoms with Gasteiger partial charge in [0, 0.05) is 6.42 Å². The number of carbonyl (C=O) groups excluding carboxylic acids is 1. The van der Waals surface area contributed by atoms with Crippen LogP contribution in [0.3, 0.4) is 0 Å². The molecule has 9 heteroatoms. The zero-order valence-electron chi connectivity index (χ0n) is 46.9. The summed E-state index contributed by atoms with van der Waals surface area (Å²) in [6.07, 6.45) is 67.9. The van der Waals surface area contributed by atoms with Gasteiger partial charge in [-0.2, -0.15) is 0 Å². The molecule has 0 aromatic carbocycles. The molecule has 7 atom stereocenters. The van der Waals surface area contributed by atoms with Gasteiger partial charge in [-0.15, -0.1) is 0 Å². The van der Waals surface area contributed by atoms with Gasteiger partial charge in [0.15, 0.2) is 6.29 Å².